The first-order chi connectivity index (χ1) is 13.6. The van der Waals surface area contributed by atoms with Crippen LogP contribution in [0.4, 0.5) is 0 Å². The highest BCUT2D eigenvalue weighted by Gasteiger charge is 2.11. The summed E-state index contributed by atoms with van der Waals surface area (Å²) in [6.07, 6.45) is 0. The zero-order valence-corrected chi connectivity index (χ0v) is 15.3. The van der Waals surface area contributed by atoms with Crippen LogP contribution in [-0.2, 0) is 16.1 Å². The number of rotatable bonds is 8. The van der Waals surface area contributed by atoms with E-state index in [9.17, 15) is 14.4 Å². The Bertz CT molecular complexity index is 1070. The van der Waals surface area contributed by atoms with Gasteiger partial charge in [0.05, 0.1) is 17.4 Å². The number of aromatic amines is 1. The number of ether oxygens (including phenoxy) is 3. The number of nitrogens with zero attached hydrogens (tertiary/aromatic N) is 1. The van der Waals surface area contributed by atoms with Crippen molar-refractivity contribution in [2.75, 3.05) is 19.8 Å². The zero-order chi connectivity index (χ0) is 19.9. The average Bonchev–Trinajstić information content (AvgIpc) is 2.71. The lowest BCUT2D eigenvalue weighted by Crippen LogP contribution is -2.33. The minimum absolute atomic E-state index is 0.0125. The number of nitrogens with one attached hydrogen (secondary N) is 1. The first kappa shape index (κ1) is 19.2. The number of carbonyl (C=O) groups excluding carboxylic acids is 1. The van der Waals surface area contributed by atoms with Crippen molar-refractivity contribution in [1.29, 1.82) is 0 Å². The lowest BCUT2D eigenvalue weighted by Gasteiger charge is -2.09. The molecule has 0 saturated carbocycles. The third-order valence-corrected chi connectivity index (χ3v) is 3.92. The van der Waals surface area contributed by atoms with E-state index in [1.165, 1.54) is 0 Å². The Morgan fingerprint density at radius 3 is 2.25 bits per heavy atom. The maximum Gasteiger partial charge on any atom is 0.327 e. The highest BCUT2D eigenvalue weighted by atomic mass is 16.6. The topological polar surface area (TPSA) is 99.6 Å². The van der Waals surface area contributed by atoms with Crippen molar-refractivity contribution in [3.63, 3.8) is 0 Å². The summed E-state index contributed by atoms with van der Waals surface area (Å²) < 4.78 is 16.8. The van der Waals surface area contributed by atoms with Gasteiger partial charge in [0.25, 0.3) is 11.1 Å². The second kappa shape index (κ2) is 8.90. The molecule has 1 N–H and O–H groups in total. The summed E-state index contributed by atoms with van der Waals surface area (Å²) in [5, 5.41) is 2.91. The molecule has 0 unspecified atom stereocenters. The van der Waals surface area contributed by atoms with Crippen molar-refractivity contribution in [3.8, 4) is 11.5 Å². The van der Waals surface area contributed by atoms with E-state index in [2.05, 4.69) is 5.10 Å². The summed E-state index contributed by atoms with van der Waals surface area (Å²) in [5.41, 5.74) is -0.903. The lowest BCUT2D eigenvalue weighted by molar-refractivity contribution is -0.145. The summed E-state index contributed by atoms with van der Waals surface area (Å²) >= 11 is 0. The fourth-order valence-electron chi connectivity index (χ4n) is 2.65. The van der Waals surface area contributed by atoms with Crippen LogP contribution in [0.2, 0.25) is 0 Å². The predicted octanol–water partition coefficient (Wildman–Crippen LogP) is 1.71. The fourth-order valence-corrected chi connectivity index (χ4v) is 2.65. The summed E-state index contributed by atoms with van der Waals surface area (Å²) in [6.45, 7) is 2.27. The molecule has 0 aliphatic rings. The van der Waals surface area contributed by atoms with Crippen LogP contribution in [0.1, 0.15) is 6.92 Å². The molecule has 1 heterocycles. The first-order valence-electron chi connectivity index (χ1n) is 8.81. The molecule has 3 rings (SSSR count). The van der Waals surface area contributed by atoms with E-state index in [0.29, 0.717) is 12.4 Å². The van der Waals surface area contributed by atoms with Crippen LogP contribution in [0.25, 0.3) is 10.8 Å². The number of fused-ring (bicyclic) bond motifs is 1. The molecule has 0 atom stereocenters. The standard InChI is InChI=1S/C20H20N2O6/c1-2-26-14-7-9-15(10-8-14)27-11-12-28-18(23)13-22-20(25)17-6-4-3-5-16(17)19(24)21-22/h3-10H,2,11-13H2,1H3,(H,21,24). The Balaban J connectivity index is 1.52. The maximum atomic E-state index is 12.4. The molecular weight excluding hydrogens is 364 g/mol. The Morgan fingerprint density at radius 2 is 1.57 bits per heavy atom. The van der Waals surface area contributed by atoms with E-state index in [-0.39, 0.29) is 30.5 Å². The Morgan fingerprint density at radius 1 is 0.929 bits per heavy atom. The Kier molecular flexibility index (Phi) is 6.11. The highest BCUT2D eigenvalue weighted by molar-refractivity contribution is 5.80. The Labute approximate surface area is 160 Å². The maximum absolute atomic E-state index is 12.4. The molecular formula is C20H20N2O6. The van der Waals surface area contributed by atoms with Crippen molar-refractivity contribution < 1.29 is 19.0 Å². The number of aromatic nitrogens is 2. The van der Waals surface area contributed by atoms with Gasteiger partial charge < -0.3 is 14.2 Å². The van der Waals surface area contributed by atoms with Gasteiger partial charge in [0.15, 0.2) is 0 Å². The lowest BCUT2D eigenvalue weighted by atomic mass is 10.2. The molecule has 28 heavy (non-hydrogen) atoms. The Hall–Kier alpha value is -3.55. The van der Waals surface area contributed by atoms with Gasteiger partial charge in [-0.2, -0.15) is 0 Å². The quantitative estimate of drug-likeness (QED) is 0.469. The smallest absolute Gasteiger partial charge is 0.327 e. The number of hydrogen-bond acceptors (Lipinski definition) is 6. The van der Waals surface area contributed by atoms with Gasteiger partial charge in [0, 0.05) is 0 Å². The van der Waals surface area contributed by atoms with Crippen molar-refractivity contribution in [2.45, 2.75) is 13.5 Å². The van der Waals surface area contributed by atoms with Gasteiger partial charge in [-0.1, -0.05) is 12.1 Å². The van der Waals surface area contributed by atoms with Crippen molar-refractivity contribution in [2.24, 2.45) is 0 Å². The second-order valence-corrected chi connectivity index (χ2v) is 5.85. The summed E-state index contributed by atoms with van der Waals surface area (Å²) in [7, 11) is 0. The molecule has 2 aromatic carbocycles. The molecule has 0 bridgehead atoms. The van der Waals surface area contributed by atoms with Gasteiger partial charge in [-0.05, 0) is 43.3 Å². The van der Waals surface area contributed by atoms with Crippen molar-refractivity contribution >= 4 is 16.7 Å². The third-order valence-electron chi connectivity index (χ3n) is 3.92. The van der Waals surface area contributed by atoms with E-state index < -0.39 is 17.1 Å². The minimum atomic E-state index is -0.650. The van der Waals surface area contributed by atoms with E-state index in [4.69, 9.17) is 14.2 Å². The molecule has 1 aromatic heterocycles. The summed E-state index contributed by atoms with van der Waals surface area (Å²) in [5.74, 6) is 0.717. The SMILES string of the molecule is CCOc1ccc(OCCOC(=O)Cn2[nH]c(=O)c3ccccc3c2=O)cc1. The second-order valence-electron chi connectivity index (χ2n) is 5.85. The normalized spacial score (nSPS) is 10.6. The zero-order valence-electron chi connectivity index (χ0n) is 15.3. The molecule has 0 aliphatic carbocycles. The molecule has 8 heteroatoms. The monoisotopic (exact) mass is 384 g/mol. The number of H-pyrrole nitrogens is 1. The molecule has 0 amide bonds. The van der Waals surface area contributed by atoms with Gasteiger partial charge >= 0.3 is 5.97 Å². The van der Waals surface area contributed by atoms with E-state index in [1.54, 1.807) is 48.5 Å². The van der Waals surface area contributed by atoms with Gasteiger partial charge in [-0.15, -0.1) is 0 Å². The van der Waals surface area contributed by atoms with Crippen LogP contribution in [-0.4, -0.2) is 35.6 Å². The van der Waals surface area contributed by atoms with Crippen LogP contribution < -0.4 is 20.6 Å². The molecule has 8 nitrogen and oxygen atoms in total. The molecule has 0 radical (unpaired) electrons. The van der Waals surface area contributed by atoms with Crippen LogP contribution in [0.5, 0.6) is 11.5 Å². The third kappa shape index (κ3) is 4.59. The first-order valence-corrected chi connectivity index (χ1v) is 8.81. The molecule has 0 saturated heterocycles. The van der Waals surface area contributed by atoms with E-state index in [1.807, 2.05) is 6.92 Å². The van der Waals surface area contributed by atoms with Crippen molar-refractivity contribution in [3.05, 3.63) is 69.2 Å². The largest absolute Gasteiger partial charge is 0.494 e. The van der Waals surface area contributed by atoms with Crippen LogP contribution in [0, 0.1) is 0 Å². The molecule has 146 valence electrons. The van der Waals surface area contributed by atoms with E-state index >= 15 is 0 Å². The van der Waals surface area contributed by atoms with E-state index in [0.717, 1.165) is 10.4 Å². The number of hydrogen-bond donors (Lipinski definition) is 1. The summed E-state index contributed by atoms with van der Waals surface area (Å²) in [4.78, 5) is 36.3. The number of esters is 1. The fraction of sp³-hybridized carbons (Fsp3) is 0.250. The van der Waals surface area contributed by atoms with Crippen LogP contribution in [0.3, 0.4) is 0 Å². The molecule has 0 spiro atoms. The molecule has 0 aliphatic heterocycles. The van der Waals surface area contributed by atoms with Gasteiger partial charge in [-0.3, -0.25) is 19.5 Å². The van der Waals surface area contributed by atoms with Gasteiger partial charge in [0.2, 0.25) is 0 Å². The van der Waals surface area contributed by atoms with Gasteiger partial charge in [-0.25, -0.2) is 4.68 Å². The highest BCUT2D eigenvalue weighted by Crippen LogP contribution is 2.17. The molecule has 0 fully saturated rings. The molecule has 3 aromatic rings. The number of benzene rings is 2. The predicted molar refractivity (Wildman–Crippen MR) is 103 cm³/mol. The average molecular weight is 384 g/mol. The number of carbonyl (C=O) groups is 1. The minimum Gasteiger partial charge on any atom is -0.494 e. The van der Waals surface area contributed by atoms with Gasteiger partial charge in [0.1, 0.15) is 31.3 Å². The van der Waals surface area contributed by atoms with Crippen LogP contribution >= 0.6 is 0 Å². The van der Waals surface area contributed by atoms with Crippen molar-refractivity contribution in [1.82, 2.24) is 9.78 Å². The summed E-state index contributed by atoms with van der Waals surface area (Å²) in [6, 6.07) is 13.5. The van der Waals surface area contributed by atoms with Crippen LogP contribution in [0.15, 0.2) is 58.1 Å².